The third kappa shape index (κ3) is 2.54. The molecule has 0 aromatic heterocycles. The molecule has 5 nitrogen and oxygen atoms in total. The predicted octanol–water partition coefficient (Wildman–Crippen LogP) is 2.16. The summed E-state index contributed by atoms with van der Waals surface area (Å²) in [5.74, 6) is -1.30. The van der Waals surface area contributed by atoms with E-state index in [0.717, 1.165) is 0 Å². The number of hydrogen-bond acceptors (Lipinski definition) is 5. The van der Waals surface area contributed by atoms with Gasteiger partial charge in [-0.15, -0.1) is 8.78 Å². The average Bonchev–Trinajstić information content (AvgIpc) is 2.68. The zero-order chi connectivity index (χ0) is 14.9. The van der Waals surface area contributed by atoms with Gasteiger partial charge in [0, 0.05) is 20.3 Å². The number of ketones is 1. The SMILES string of the molecule is CN(C)C=C(C#N)C(=O)c1cccc2c1OC(F)(F)O2. The number of nitrogens with zero attached hydrogens (tertiary/aromatic N) is 2. The number of carbonyl (C=O) groups excluding carboxylic acids is 1. The summed E-state index contributed by atoms with van der Waals surface area (Å²) in [6, 6.07) is 5.66. The number of rotatable bonds is 3. The molecule has 0 amide bonds. The van der Waals surface area contributed by atoms with Crippen LogP contribution >= 0.6 is 0 Å². The highest BCUT2D eigenvalue weighted by Crippen LogP contribution is 2.43. The number of carbonyl (C=O) groups is 1. The van der Waals surface area contributed by atoms with Crippen molar-refractivity contribution in [3.8, 4) is 17.6 Å². The van der Waals surface area contributed by atoms with E-state index in [-0.39, 0.29) is 22.6 Å². The largest absolute Gasteiger partial charge is 0.586 e. The Balaban J connectivity index is 2.44. The summed E-state index contributed by atoms with van der Waals surface area (Å²) in [5, 5.41) is 8.97. The zero-order valence-corrected chi connectivity index (χ0v) is 10.7. The molecule has 0 atom stereocenters. The molecular formula is C13H10F2N2O3. The Kier molecular flexibility index (Phi) is 3.32. The van der Waals surface area contributed by atoms with Crippen molar-refractivity contribution in [2.24, 2.45) is 0 Å². The van der Waals surface area contributed by atoms with Crippen LogP contribution < -0.4 is 9.47 Å². The molecule has 1 aliphatic rings. The topological polar surface area (TPSA) is 62.6 Å². The molecule has 1 heterocycles. The second-order valence-corrected chi connectivity index (χ2v) is 4.25. The quantitative estimate of drug-likeness (QED) is 0.482. The lowest BCUT2D eigenvalue weighted by Crippen LogP contribution is -2.26. The lowest BCUT2D eigenvalue weighted by molar-refractivity contribution is -0.286. The van der Waals surface area contributed by atoms with Gasteiger partial charge in [0.15, 0.2) is 11.5 Å². The molecule has 0 bridgehead atoms. The molecule has 7 heteroatoms. The van der Waals surface area contributed by atoms with Crippen LogP contribution in [0.3, 0.4) is 0 Å². The van der Waals surface area contributed by atoms with E-state index in [1.54, 1.807) is 20.2 Å². The van der Waals surface area contributed by atoms with Crippen LogP contribution in [0.1, 0.15) is 10.4 Å². The summed E-state index contributed by atoms with van der Waals surface area (Å²) in [6.07, 6.45) is -2.51. The molecular weight excluding hydrogens is 270 g/mol. The van der Waals surface area contributed by atoms with E-state index in [1.165, 1.54) is 29.3 Å². The molecule has 0 fully saturated rings. The van der Waals surface area contributed by atoms with Crippen molar-refractivity contribution in [1.82, 2.24) is 4.90 Å². The molecule has 20 heavy (non-hydrogen) atoms. The van der Waals surface area contributed by atoms with E-state index in [1.807, 2.05) is 0 Å². The van der Waals surface area contributed by atoms with Gasteiger partial charge in [-0.1, -0.05) is 6.07 Å². The highest BCUT2D eigenvalue weighted by atomic mass is 19.3. The normalized spacial score (nSPS) is 15.7. The highest BCUT2D eigenvalue weighted by molar-refractivity contribution is 6.13. The maximum Gasteiger partial charge on any atom is 0.586 e. The van der Waals surface area contributed by atoms with Crippen LogP contribution in [0.4, 0.5) is 8.78 Å². The number of para-hydroxylation sites is 1. The van der Waals surface area contributed by atoms with E-state index in [4.69, 9.17) is 5.26 Å². The van der Waals surface area contributed by atoms with Gasteiger partial charge < -0.3 is 14.4 Å². The van der Waals surface area contributed by atoms with Crippen LogP contribution in [-0.2, 0) is 0 Å². The molecule has 0 saturated carbocycles. The van der Waals surface area contributed by atoms with Crippen LogP contribution in [-0.4, -0.2) is 31.1 Å². The number of allylic oxidation sites excluding steroid dienone is 1. The summed E-state index contributed by atoms with van der Waals surface area (Å²) in [7, 11) is 3.27. The summed E-state index contributed by atoms with van der Waals surface area (Å²) < 4.78 is 34.6. The van der Waals surface area contributed by atoms with Gasteiger partial charge in [0.1, 0.15) is 11.6 Å². The molecule has 0 spiro atoms. The fourth-order valence-corrected chi connectivity index (χ4v) is 1.69. The summed E-state index contributed by atoms with van der Waals surface area (Å²) >= 11 is 0. The average molecular weight is 280 g/mol. The second kappa shape index (κ2) is 4.81. The van der Waals surface area contributed by atoms with Crippen LogP contribution in [0.2, 0.25) is 0 Å². The molecule has 1 aromatic rings. The first-order valence-electron chi connectivity index (χ1n) is 5.56. The fraction of sp³-hybridized carbons (Fsp3) is 0.231. The molecule has 104 valence electrons. The lowest BCUT2D eigenvalue weighted by atomic mass is 10.0. The Morgan fingerprint density at radius 1 is 1.40 bits per heavy atom. The van der Waals surface area contributed by atoms with Crippen molar-refractivity contribution in [2.45, 2.75) is 6.29 Å². The van der Waals surface area contributed by atoms with E-state index in [0.29, 0.717) is 0 Å². The van der Waals surface area contributed by atoms with E-state index in [2.05, 4.69) is 9.47 Å². The minimum Gasteiger partial charge on any atom is -0.395 e. The number of halogens is 2. The van der Waals surface area contributed by atoms with Gasteiger partial charge in [-0.3, -0.25) is 4.79 Å². The molecule has 2 rings (SSSR count). The maximum atomic E-state index is 13.0. The monoisotopic (exact) mass is 280 g/mol. The molecule has 0 radical (unpaired) electrons. The van der Waals surface area contributed by atoms with Crippen molar-refractivity contribution in [2.75, 3.05) is 14.1 Å². The van der Waals surface area contributed by atoms with Crippen molar-refractivity contribution in [1.29, 1.82) is 5.26 Å². The Morgan fingerprint density at radius 3 is 2.70 bits per heavy atom. The minimum atomic E-state index is -3.81. The Hall–Kier alpha value is -2.62. The second-order valence-electron chi connectivity index (χ2n) is 4.25. The van der Waals surface area contributed by atoms with Gasteiger partial charge in [-0.2, -0.15) is 5.26 Å². The van der Waals surface area contributed by atoms with Gasteiger partial charge in [-0.05, 0) is 12.1 Å². The summed E-state index contributed by atoms with van der Waals surface area (Å²) in [4.78, 5) is 13.7. The summed E-state index contributed by atoms with van der Waals surface area (Å²) in [6.45, 7) is 0. The lowest BCUT2D eigenvalue weighted by Gasteiger charge is -2.08. The first-order valence-corrected chi connectivity index (χ1v) is 5.56. The van der Waals surface area contributed by atoms with E-state index < -0.39 is 12.1 Å². The summed E-state index contributed by atoms with van der Waals surface area (Å²) in [5.41, 5.74) is -0.337. The highest BCUT2D eigenvalue weighted by Gasteiger charge is 2.45. The van der Waals surface area contributed by atoms with Gasteiger partial charge in [0.2, 0.25) is 5.78 Å². The number of fused-ring (bicyclic) bond motifs is 1. The Bertz CT molecular complexity index is 633. The number of Topliss-reactive ketones (excluding diaryl/α,β-unsaturated/α-hetero) is 1. The van der Waals surface area contributed by atoms with Crippen molar-refractivity contribution >= 4 is 5.78 Å². The van der Waals surface area contributed by atoms with Crippen molar-refractivity contribution in [3.63, 3.8) is 0 Å². The first kappa shape index (κ1) is 13.8. The molecule has 0 N–H and O–H groups in total. The van der Waals surface area contributed by atoms with Gasteiger partial charge in [-0.25, -0.2) is 0 Å². The van der Waals surface area contributed by atoms with Crippen LogP contribution in [0.25, 0.3) is 0 Å². The molecule has 0 saturated heterocycles. The molecule has 0 aliphatic carbocycles. The minimum absolute atomic E-state index is 0.144. The Labute approximate surface area is 113 Å². The molecule has 1 aromatic carbocycles. The number of hydrogen-bond donors (Lipinski definition) is 0. The van der Waals surface area contributed by atoms with Crippen LogP contribution in [0.15, 0.2) is 30.0 Å². The number of alkyl halides is 2. The molecule has 0 unspecified atom stereocenters. The number of benzene rings is 1. The maximum absolute atomic E-state index is 13.0. The standard InChI is InChI=1S/C13H10F2N2O3/c1-17(2)7-8(6-16)11(18)9-4-3-5-10-12(9)20-13(14,15)19-10/h3-5,7H,1-2H3. The fourth-order valence-electron chi connectivity index (χ4n) is 1.69. The smallest absolute Gasteiger partial charge is 0.395 e. The van der Waals surface area contributed by atoms with Gasteiger partial charge in [0.05, 0.1) is 5.56 Å². The number of ether oxygens (including phenoxy) is 2. The molecule has 1 aliphatic heterocycles. The van der Waals surface area contributed by atoms with E-state index in [9.17, 15) is 13.6 Å². The van der Waals surface area contributed by atoms with Gasteiger partial charge >= 0.3 is 6.29 Å². The third-order valence-corrected chi connectivity index (χ3v) is 2.43. The zero-order valence-electron chi connectivity index (χ0n) is 10.7. The van der Waals surface area contributed by atoms with Crippen molar-refractivity contribution < 1.29 is 23.0 Å². The Morgan fingerprint density at radius 2 is 2.10 bits per heavy atom. The first-order chi connectivity index (χ1) is 9.34. The van der Waals surface area contributed by atoms with Crippen molar-refractivity contribution in [3.05, 3.63) is 35.5 Å². The van der Waals surface area contributed by atoms with Crippen LogP contribution in [0.5, 0.6) is 11.5 Å². The third-order valence-electron chi connectivity index (χ3n) is 2.43. The predicted molar refractivity (Wildman–Crippen MR) is 64.4 cm³/mol. The van der Waals surface area contributed by atoms with E-state index >= 15 is 0 Å². The number of nitriles is 1. The van der Waals surface area contributed by atoms with Gasteiger partial charge in [0.25, 0.3) is 0 Å². The van der Waals surface area contributed by atoms with Crippen LogP contribution in [0, 0.1) is 11.3 Å².